The lowest BCUT2D eigenvalue weighted by Gasteiger charge is -2.23. The minimum Gasteiger partial charge on any atom is -0.309 e. The lowest BCUT2D eigenvalue weighted by Crippen LogP contribution is -2.28. The normalized spacial score (nSPS) is 22.5. The largest absolute Gasteiger partial charge is 0.309 e. The molecule has 0 aliphatic carbocycles. The molecule has 0 amide bonds. The van der Waals surface area contributed by atoms with Gasteiger partial charge in [0.25, 0.3) is 0 Å². The summed E-state index contributed by atoms with van der Waals surface area (Å²) >= 11 is 10.1. The number of hydrogen-bond acceptors (Lipinski definition) is 3. The summed E-state index contributed by atoms with van der Waals surface area (Å²) in [5, 5.41) is 6.71. The highest BCUT2D eigenvalue weighted by molar-refractivity contribution is 7.99. The van der Waals surface area contributed by atoms with Crippen molar-refractivity contribution in [3.8, 4) is 0 Å². The quantitative estimate of drug-likeness (QED) is 0.865. The van der Waals surface area contributed by atoms with Crippen LogP contribution in [0, 0.1) is 5.92 Å². The van der Waals surface area contributed by atoms with E-state index in [9.17, 15) is 0 Å². The van der Waals surface area contributed by atoms with Crippen LogP contribution in [0.3, 0.4) is 0 Å². The summed E-state index contributed by atoms with van der Waals surface area (Å²) in [4.78, 5) is 1.34. The van der Waals surface area contributed by atoms with Crippen LogP contribution in [0.5, 0.6) is 0 Å². The van der Waals surface area contributed by atoms with Crippen LogP contribution < -0.4 is 5.32 Å². The fraction of sp³-hybridized carbons (Fsp3) is 0.667. The van der Waals surface area contributed by atoms with Gasteiger partial charge in [0.05, 0.1) is 5.02 Å². The van der Waals surface area contributed by atoms with Crippen LogP contribution in [0.2, 0.25) is 5.02 Å². The molecule has 2 rings (SSSR count). The molecule has 1 aliphatic rings. The van der Waals surface area contributed by atoms with Crippen molar-refractivity contribution in [1.29, 1.82) is 0 Å². The second-order valence-electron chi connectivity index (χ2n) is 4.19. The first-order valence-electron chi connectivity index (χ1n) is 5.87. The van der Waals surface area contributed by atoms with Gasteiger partial charge in [-0.2, -0.15) is 11.8 Å². The highest BCUT2D eigenvalue weighted by Gasteiger charge is 2.28. The van der Waals surface area contributed by atoms with Gasteiger partial charge in [0.1, 0.15) is 0 Å². The standard InChI is InChI=1S/C12H18ClNS2/c1-2-5-14-11(9-3-6-15-8-9)12-10(13)4-7-16-12/h4,7,9,11,14H,2-3,5-6,8H2,1H3. The van der Waals surface area contributed by atoms with E-state index >= 15 is 0 Å². The van der Waals surface area contributed by atoms with Gasteiger partial charge in [0, 0.05) is 10.9 Å². The molecule has 1 aromatic rings. The van der Waals surface area contributed by atoms with Crippen LogP contribution >= 0.6 is 34.7 Å². The van der Waals surface area contributed by atoms with Crippen molar-refractivity contribution in [2.75, 3.05) is 18.1 Å². The summed E-state index contributed by atoms with van der Waals surface area (Å²) in [6.45, 7) is 3.30. The molecular formula is C12H18ClNS2. The molecule has 1 nitrogen and oxygen atoms in total. The summed E-state index contributed by atoms with van der Waals surface area (Å²) in [7, 11) is 0. The van der Waals surface area contributed by atoms with Gasteiger partial charge in [-0.15, -0.1) is 11.3 Å². The van der Waals surface area contributed by atoms with Crippen molar-refractivity contribution in [1.82, 2.24) is 5.32 Å². The fourth-order valence-corrected chi connectivity index (χ4v) is 4.76. The molecular weight excluding hydrogens is 258 g/mol. The van der Waals surface area contributed by atoms with Crippen LogP contribution in [0.15, 0.2) is 11.4 Å². The van der Waals surface area contributed by atoms with Gasteiger partial charge in [0.2, 0.25) is 0 Å². The summed E-state index contributed by atoms with van der Waals surface area (Å²) in [6, 6.07) is 2.49. The van der Waals surface area contributed by atoms with Crippen LogP contribution in [0.25, 0.3) is 0 Å². The van der Waals surface area contributed by atoms with Crippen LogP contribution in [-0.4, -0.2) is 18.1 Å². The number of nitrogens with one attached hydrogen (secondary N) is 1. The first-order chi connectivity index (χ1) is 7.83. The first-order valence-corrected chi connectivity index (χ1v) is 8.28. The molecule has 2 unspecified atom stereocenters. The second kappa shape index (κ2) is 6.29. The van der Waals surface area contributed by atoms with E-state index in [4.69, 9.17) is 11.6 Å². The third-order valence-electron chi connectivity index (χ3n) is 2.98. The Bertz CT molecular complexity index is 321. The molecule has 2 atom stereocenters. The van der Waals surface area contributed by atoms with Crippen molar-refractivity contribution in [3.05, 3.63) is 21.3 Å². The average Bonchev–Trinajstić information content (AvgIpc) is 2.91. The average molecular weight is 276 g/mol. The van der Waals surface area contributed by atoms with Gasteiger partial charge >= 0.3 is 0 Å². The predicted molar refractivity (Wildman–Crippen MR) is 75.8 cm³/mol. The Morgan fingerprint density at radius 3 is 3.06 bits per heavy atom. The number of thiophene rings is 1. The summed E-state index contributed by atoms with van der Waals surface area (Å²) in [5.41, 5.74) is 0. The Kier molecular flexibility index (Phi) is 5.01. The van der Waals surface area contributed by atoms with Gasteiger partial charge in [-0.1, -0.05) is 18.5 Å². The van der Waals surface area contributed by atoms with Gasteiger partial charge in [-0.05, 0) is 48.3 Å². The molecule has 4 heteroatoms. The van der Waals surface area contributed by atoms with Crippen molar-refractivity contribution < 1.29 is 0 Å². The van der Waals surface area contributed by atoms with Crippen molar-refractivity contribution >= 4 is 34.7 Å². The molecule has 1 fully saturated rings. The number of rotatable bonds is 5. The maximum Gasteiger partial charge on any atom is 0.0561 e. The van der Waals surface area contributed by atoms with E-state index in [0.29, 0.717) is 6.04 Å². The summed E-state index contributed by atoms with van der Waals surface area (Å²) < 4.78 is 0. The monoisotopic (exact) mass is 275 g/mol. The third kappa shape index (κ3) is 2.95. The fourth-order valence-electron chi connectivity index (χ4n) is 2.12. The predicted octanol–water partition coefficient (Wildman–Crippen LogP) is 4.20. The zero-order valence-electron chi connectivity index (χ0n) is 9.54. The van der Waals surface area contributed by atoms with Crippen LogP contribution in [0.4, 0.5) is 0 Å². The lowest BCUT2D eigenvalue weighted by molar-refractivity contribution is 0.399. The van der Waals surface area contributed by atoms with Crippen LogP contribution in [0.1, 0.15) is 30.7 Å². The number of hydrogen-bond donors (Lipinski definition) is 1. The van der Waals surface area contributed by atoms with Gasteiger partial charge in [0.15, 0.2) is 0 Å². The molecule has 0 spiro atoms. The molecule has 0 aromatic carbocycles. The molecule has 1 aliphatic heterocycles. The first kappa shape index (κ1) is 12.7. The van der Waals surface area contributed by atoms with E-state index in [1.165, 1.54) is 29.2 Å². The Labute approximate surface area is 111 Å². The highest BCUT2D eigenvalue weighted by Crippen LogP contribution is 2.39. The maximum atomic E-state index is 6.26. The van der Waals surface area contributed by atoms with Gasteiger partial charge in [-0.25, -0.2) is 0 Å². The van der Waals surface area contributed by atoms with E-state index in [0.717, 1.165) is 17.5 Å². The lowest BCUT2D eigenvalue weighted by atomic mass is 9.97. The van der Waals surface area contributed by atoms with Gasteiger partial charge in [-0.3, -0.25) is 0 Å². The van der Waals surface area contributed by atoms with Gasteiger partial charge < -0.3 is 5.32 Å². The Morgan fingerprint density at radius 1 is 1.62 bits per heavy atom. The SMILES string of the molecule is CCCNC(c1sccc1Cl)C1CCSC1. The van der Waals surface area contributed by atoms with Crippen molar-refractivity contribution in [3.63, 3.8) is 0 Å². The minimum atomic E-state index is 0.474. The molecule has 0 radical (unpaired) electrons. The van der Waals surface area contributed by atoms with E-state index < -0.39 is 0 Å². The second-order valence-corrected chi connectivity index (χ2v) is 6.69. The molecule has 90 valence electrons. The van der Waals surface area contributed by atoms with E-state index in [1.54, 1.807) is 11.3 Å². The smallest absolute Gasteiger partial charge is 0.0561 e. The highest BCUT2D eigenvalue weighted by atomic mass is 35.5. The molecule has 1 aromatic heterocycles. The molecule has 1 saturated heterocycles. The van der Waals surface area contributed by atoms with E-state index in [1.807, 2.05) is 6.07 Å². The number of thioether (sulfide) groups is 1. The Balaban J connectivity index is 2.10. The molecule has 2 heterocycles. The molecule has 0 bridgehead atoms. The summed E-state index contributed by atoms with van der Waals surface area (Å²) in [6.07, 6.45) is 2.50. The third-order valence-corrected chi connectivity index (χ3v) is 5.61. The number of halogens is 1. The molecule has 0 saturated carbocycles. The van der Waals surface area contributed by atoms with Crippen LogP contribution in [-0.2, 0) is 0 Å². The topological polar surface area (TPSA) is 12.0 Å². The zero-order chi connectivity index (χ0) is 11.4. The Morgan fingerprint density at radius 2 is 2.50 bits per heavy atom. The minimum absolute atomic E-state index is 0.474. The molecule has 1 N–H and O–H groups in total. The zero-order valence-corrected chi connectivity index (χ0v) is 11.9. The molecule has 16 heavy (non-hydrogen) atoms. The summed E-state index contributed by atoms with van der Waals surface area (Å²) in [5.74, 6) is 3.33. The maximum absolute atomic E-state index is 6.26. The van der Waals surface area contributed by atoms with Crippen molar-refractivity contribution in [2.24, 2.45) is 5.92 Å². The van der Waals surface area contributed by atoms with E-state index in [-0.39, 0.29) is 0 Å². The Hall–Kier alpha value is 0.300. The van der Waals surface area contributed by atoms with Crippen molar-refractivity contribution in [2.45, 2.75) is 25.8 Å². The van der Waals surface area contributed by atoms with E-state index in [2.05, 4.69) is 29.4 Å².